The Kier molecular flexibility index (Phi) is 8.09. The summed E-state index contributed by atoms with van der Waals surface area (Å²) in [5.74, 6) is 1.30. The molecule has 0 bridgehead atoms. The molecule has 0 aliphatic carbocycles. The van der Waals surface area contributed by atoms with Crippen LogP contribution in [0.25, 0.3) is 0 Å². The van der Waals surface area contributed by atoms with Crippen molar-refractivity contribution in [1.29, 1.82) is 0 Å². The molecule has 0 radical (unpaired) electrons. The fourth-order valence-corrected chi connectivity index (χ4v) is 2.89. The Hall–Kier alpha value is -4.24. The van der Waals surface area contributed by atoms with Crippen LogP contribution in [0.2, 0.25) is 0 Å². The van der Waals surface area contributed by atoms with Crippen molar-refractivity contribution in [3.63, 3.8) is 0 Å². The molecule has 3 aromatic carbocycles. The number of methoxy groups -OCH3 is 1. The van der Waals surface area contributed by atoms with E-state index < -0.39 is 0 Å². The number of rotatable bonds is 7. The van der Waals surface area contributed by atoms with Crippen LogP contribution in [0.4, 0.5) is 11.4 Å². The Labute approximate surface area is 197 Å². The number of amidine groups is 1. The Morgan fingerprint density at radius 3 is 2.45 bits per heavy atom. The topological polar surface area (TPSA) is 117 Å². The maximum atomic E-state index is 9.28. The van der Waals surface area contributed by atoms with Crippen LogP contribution in [0.5, 0.6) is 11.5 Å². The van der Waals surface area contributed by atoms with E-state index >= 15 is 0 Å². The highest BCUT2D eigenvalue weighted by Gasteiger charge is 2.02. The molecule has 3 aromatic rings. The minimum absolute atomic E-state index is 0.182. The quantitative estimate of drug-likeness (QED) is 0.183. The molecule has 33 heavy (non-hydrogen) atoms. The van der Waals surface area contributed by atoms with Gasteiger partial charge in [0.2, 0.25) is 0 Å². The second kappa shape index (κ2) is 11.4. The molecule has 0 spiro atoms. The smallest absolute Gasteiger partial charge is 0.191 e. The normalized spacial score (nSPS) is 11.6. The highest BCUT2D eigenvalue weighted by Crippen LogP contribution is 2.21. The van der Waals surface area contributed by atoms with E-state index in [1.54, 1.807) is 37.6 Å². The van der Waals surface area contributed by atoms with E-state index in [4.69, 9.17) is 22.7 Å². The molecule has 8 nitrogen and oxygen atoms in total. The summed E-state index contributed by atoms with van der Waals surface area (Å²) >= 11 is 5.29. The number of thiocarbonyl (C=S) groups is 1. The Morgan fingerprint density at radius 1 is 1.06 bits per heavy atom. The number of hydrazone groups is 1. The fraction of sp³-hybridized carbons (Fsp3) is 0.0833. The molecule has 0 atom stereocenters. The van der Waals surface area contributed by atoms with Gasteiger partial charge in [0.25, 0.3) is 0 Å². The third kappa shape index (κ3) is 7.15. The van der Waals surface area contributed by atoms with Gasteiger partial charge in [0, 0.05) is 11.3 Å². The number of anilines is 1. The van der Waals surface area contributed by atoms with Gasteiger partial charge in [-0.1, -0.05) is 24.3 Å². The van der Waals surface area contributed by atoms with Crippen LogP contribution in [-0.4, -0.2) is 35.7 Å². The number of phenols is 1. The van der Waals surface area contributed by atoms with Crippen LogP contribution in [0, 0.1) is 6.92 Å². The van der Waals surface area contributed by atoms with Crippen molar-refractivity contribution >= 4 is 47.1 Å². The highest BCUT2D eigenvalue weighted by atomic mass is 32.1. The Morgan fingerprint density at radius 2 is 1.79 bits per heavy atom. The van der Waals surface area contributed by atoms with E-state index in [-0.39, 0.29) is 5.75 Å². The molecule has 3 rings (SSSR count). The summed E-state index contributed by atoms with van der Waals surface area (Å²) in [6.45, 7) is 1.96. The molecular formula is C24H24N6O2S. The van der Waals surface area contributed by atoms with Crippen molar-refractivity contribution in [3.8, 4) is 11.5 Å². The largest absolute Gasteiger partial charge is 0.508 e. The van der Waals surface area contributed by atoms with E-state index in [0.29, 0.717) is 16.6 Å². The molecule has 0 aliphatic rings. The van der Waals surface area contributed by atoms with Crippen LogP contribution in [0.1, 0.15) is 16.7 Å². The van der Waals surface area contributed by atoms with Crippen molar-refractivity contribution in [2.75, 3.05) is 12.4 Å². The average Bonchev–Trinajstić information content (AvgIpc) is 2.82. The minimum Gasteiger partial charge on any atom is -0.508 e. The molecule has 168 valence electrons. The summed E-state index contributed by atoms with van der Waals surface area (Å²) in [5, 5.41) is 16.9. The lowest BCUT2D eigenvalue weighted by atomic mass is 10.1. The summed E-state index contributed by atoms with van der Waals surface area (Å²) < 4.78 is 5.20. The van der Waals surface area contributed by atoms with Crippen molar-refractivity contribution in [1.82, 2.24) is 5.43 Å². The van der Waals surface area contributed by atoms with Gasteiger partial charge in [-0.15, -0.1) is 0 Å². The summed E-state index contributed by atoms with van der Waals surface area (Å²) in [7, 11) is 1.63. The molecule has 0 unspecified atom stereocenters. The van der Waals surface area contributed by atoms with E-state index in [1.807, 2.05) is 49.4 Å². The second-order valence-corrected chi connectivity index (χ2v) is 7.31. The molecule has 0 amide bonds. The van der Waals surface area contributed by atoms with Gasteiger partial charge in [0.05, 0.1) is 19.0 Å². The Bertz CT molecular complexity index is 1190. The summed E-state index contributed by atoms with van der Waals surface area (Å²) in [4.78, 5) is 8.32. The number of nitrogens with zero attached hydrogens (tertiary/aromatic N) is 3. The zero-order valence-electron chi connectivity index (χ0n) is 18.2. The predicted octanol–water partition coefficient (Wildman–Crippen LogP) is 4.10. The van der Waals surface area contributed by atoms with Crippen LogP contribution in [0.15, 0.2) is 81.8 Å². The standard InChI is InChI=1S/C24H24N6O2S/c1-16-13-21(32-2)11-12-22(16)29-24(33)30-28-14-17-3-5-18(6-4-17)23(25)27-15-26-19-7-9-20(31)10-8-19/h3-15,31H,1-2H3,(H2,25,26,27)(H2,29,30,33)/b28-14+. The molecule has 9 heteroatoms. The summed E-state index contributed by atoms with van der Waals surface area (Å²) in [6, 6.07) is 19.5. The van der Waals surface area contributed by atoms with Crippen LogP contribution in [0.3, 0.4) is 0 Å². The number of aryl methyl sites for hydroxylation is 1. The molecule has 0 saturated heterocycles. The van der Waals surface area contributed by atoms with Gasteiger partial charge in [-0.25, -0.2) is 9.98 Å². The zero-order chi connectivity index (χ0) is 23.6. The van der Waals surface area contributed by atoms with E-state index in [1.165, 1.54) is 6.34 Å². The van der Waals surface area contributed by atoms with Gasteiger partial charge in [-0.3, -0.25) is 5.43 Å². The van der Waals surface area contributed by atoms with Gasteiger partial charge in [0.15, 0.2) is 5.11 Å². The van der Waals surface area contributed by atoms with Crippen LogP contribution >= 0.6 is 12.2 Å². The van der Waals surface area contributed by atoms with E-state index in [2.05, 4.69) is 25.8 Å². The molecule has 0 heterocycles. The number of ether oxygens (including phenoxy) is 1. The molecule has 0 aromatic heterocycles. The number of benzene rings is 3. The zero-order valence-corrected chi connectivity index (χ0v) is 19.0. The van der Waals surface area contributed by atoms with Gasteiger partial charge >= 0.3 is 0 Å². The van der Waals surface area contributed by atoms with Gasteiger partial charge in [0.1, 0.15) is 23.7 Å². The summed E-state index contributed by atoms with van der Waals surface area (Å²) in [6.07, 6.45) is 3.03. The van der Waals surface area contributed by atoms with Crippen molar-refractivity contribution in [3.05, 3.63) is 83.4 Å². The summed E-state index contributed by atoms with van der Waals surface area (Å²) in [5.41, 5.74) is 13.0. The second-order valence-electron chi connectivity index (χ2n) is 6.90. The lowest BCUT2D eigenvalue weighted by Crippen LogP contribution is -2.24. The molecule has 0 fully saturated rings. The van der Waals surface area contributed by atoms with Gasteiger partial charge < -0.3 is 20.9 Å². The minimum atomic E-state index is 0.182. The first-order valence-corrected chi connectivity index (χ1v) is 10.4. The number of nitrogens with one attached hydrogen (secondary N) is 2. The number of hydrogen-bond acceptors (Lipinski definition) is 5. The monoisotopic (exact) mass is 460 g/mol. The SMILES string of the molecule is COc1ccc(NC(=S)N/N=C/c2ccc(C(N)=NC=Nc3ccc(O)cc3)cc2)c(C)c1. The van der Waals surface area contributed by atoms with E-state index in [0.717, 1.165) is 28.1 Å². The van der Waals surface area contributed by atoms with Crippen LogP contribution in [-0.2, 0) is 0 Å². The number of phenolic OH excluding ortho intramolecular Hbond substituents is 1. The third-order valence-electron chi connectivity index (χ3n) is 4.52. The predicted molar refractivity (Wildman–Crippen MR) is 138 cm³/mol. The fourth-order valence-electron chi connectivity index (χ4n) is 2.73. The van der Waals surface area contributed by atoms with Crippen molar-refractivity contribution in [2.45, 2.75) is 6.92 Å². The Balaban J connectivity index is 1.53. The highest BCUT2D eigenvalue weighted by molar-refractivity contribution is 7.80. The number of hydrogen-bond donors (Lipinski definition) is 4. The van der Waals surface area contributed by atoms with Gasteiger partial charge in [-0.05, 0) is 72.7 Å². The maximum absolute atomic E-state index is 9.28. The number of nitrogens with two attached hydrogens (primary N) is 1. The molecule has 0 saturated carbocycles. The lowest BCUT2D eigenvalue weighted by Gasteiger charge is -2.11. The van der Waals surface area contributed by atoms with E-state index in [9.17, 15) is 5.11 Å². The average molecular weight is 461 g/mol. The number of aromatic hydroxyl groups is 1. The van der Waals surface area contributed by atoms with Crippen molar-refractivity contribution in [2.24, 2.45) is 20.8 Å². The molecular weight excluding hydrogens is 436 g/mol. The van der Waals surface area contributed by atoms with Crippen LogP contribution < -0.4 is 21.2 Å². The molecule has 0 aliphatic heterocycles. The first-order valence-electron chi connectivity index (χ1n) is 9.94. The first kappa shape index (κ1) is 23.4. The third-order valence-corrected chi connectivity index (χ3v) is 4.71. The van der Waals surface area contributed by atoms with Crippen molar-refractivity contribution < 1.29 is 9.84 Å². The van der Waals surface area contributed by atoms with Gasteiger partial charge in [-0.2, -0.15) is 5.10 Å². The molecule has 5 N–H and O–H groups in total. The first-order chi connectivity index (χ1) is 15.9. The lowest BCUT2D eigenvalue weighted by molar-refractivity contribution is 0.414. The maximum Gasteiger partial charge on any atom is 0.191 e. The number of aliphatic imine (C=N–C) groups is 2.